The molecule has 1 aromatic carbocycles. The first-order chi connectivity index (χ1) is 18.2. The number of nitrogens with zero attached hydrogens (tertiary/aromatic N) is 1. The fourth-order valence-corrected chi connectivity index (χ4v) is 4.00. The maximum absolute atomic E-state index is 14.1. The first-order valence-electron chi connectivity index (χ1n) is 13.7. The van der Waals surface area contributed by atoms with Crippen LogP contribution in [0.2, 0.25) is 0 Å². The topological polar surface area (TPSA) is 134 Å². The Morgan fingerprint density at radius 2 is 1.74 bits per heavy atom. The molecular formula is C29H47N3O7. The Balaban J connectivity index is 3.48. The summed E-state index contributed by atoms with van der Waals surface area (Å²) in [6.45, 7) is 14.7. The Morgan fingerprint density at radius 1 is 1.08 bits per heavy atom. The zero-order valence-electron chi connectivity index (χ0n) is 24.8. The van der Waals surface area contributed by atoms with Crippen LogP contribution in [0.25, 0.3) is 0 Å². The number of aromatic hydroxyl groups is 1. The largest absolute Gasteiger partial charge is 0.507 e. The van der Waals surface area contributed by atoms with Crippen LogP contribution >= 0.6 is 0 Å². The second-order valence-corrected chi connectivity index (χ2v) is 10.9. The smallest absolute Gasteiger partial charge is 0.408 e. The van der Waals surface area contributed by atoms with Gasteiger partial charge < -0.3 is 30.1 Å². The van der Waals surface area contributed by atoms with Gasteiger partial charge in [-0.2, -0.15) is 0 Å². The Kier molecular flexibility index (Phi) is 13.8. The fourth-order valence-electron chi connectivity index (χ4n) is 4.00. The van der Waals surface area contributed by atoms with Crippen molar-refractivity contribution in [1.82, 2.24) is 15.5 Å². The van der Waals surface area contributed by atoms with Crippen LogP contribution in [0.5, 0.6) is 5.75 Å². The van der Waals surface area contributed by atoms with Crippen LogP contribution in [0.1, 0.15) is 91.3 Å². The molecule has 0 aliphatic rings. The molecule has 1 rings (SSSR count). The molecule has 0 radical (unpaired) electrons. The number of para-hydroxylation sites is 1. The number of ether oxygens (including phenoxy) is 2. The Morgan fingerprint density at radius 3 is 2.31 bits per heavy atom. The highest BCUT2D eigenvalue weighted by Gasteiger charge is 2.38. The molecule has 0 spiro atoms. The number of phenolic OH excluding ortho intramolecular Hbond substituents is 1. The number of unbranched alkanes of at least 4 members (excludes halogenated alkanes) is 2. The van der Waals surface area contributed by atoms with Crippen molar-refractivity contribution in [3.63, 3.8) is 0 Å². The molecule has 220 valence electrons. The number of nitrogens with one attached hydrogen (secondary N) is 2. The van der Waals surface area contributed by atoms with Crippen molar-refractivity contribution in [2.75, 3.05) is 19.7 Å². The molecule has 3 amide bonds. The number of phenols is 1. The molecule has 0 aliphatic heterocycles. The summed E-state index contributed by atoms with van der Waals surface area (Å²) < 4.78 is 10.3. The van der Waals surface area contributed by atoms with E-state index >= 15 is 0 Å². The standard InChI is InChI=1S/C29H47N3O7/c1-9-11-12-18-32(27(36)23(19(3)4)31-28(37)39-29(6,7)8)24(21-15-13-14-20(5)25(21)34)26(35)30-17-16-22(33)38-10-2/h13-15,19,23-24,34H,9-12,16-18H2,1-8H3,(H,30,35)(H,31,37). The molecule has 3 N–H and O–H groups in total. The summed E-state index contributed by atoms with van der Waals surface area (Å²) in [6, 6.07) is 2.83. The predicted octanol–water partition coefficient (Wildman–Crippen LogP) is 4.38. The summed E-state index contributed by atoms with van der Waals surface area (Å²) in [5, 5.41) is 16.3. The fraction of sp³-hybridized carbons (Fsp3) is 0.655. The van der Waals surface area contributed by atoms with Gasteiger partial charge in [-0.05, 0) is 52.5 Å². The van der Waals surface area contributed by atoms with Crippen molar-refractivity contribution < 1.29 is 33.8 Å². The summed E-state index contributed by atoms with van der Waals surface area (Å²) in [7, 11) is 0. The lowest BCUT2D eigenvalue weighted by Gasteiger charge is -2.36. The van der Waals surface area contributed by atoms with E-state index in [0.717, 1.165) is 12.8 Å². The van der Waals surface area contributed by atoms with Gasteiger partial charge in [-0.25, -0.2) is 4.79 Å². The van der Waals surface area contributed by atoms with E-state index in [0.29, 0.717) is 12.0 Å². The van der Waals surface area contributed by atoms with Crippen LogP contribution in [-0.2, 0) is 23.9 Å². The third kappa shape index (κ3) is 11.1. The van der Waals surface area contributed by atoms with Crippen LogP contribution in [0.4, 0.5) is 4.79 Å². The summed E-state index contributed by atoms with van der Waals surface area (Å²) in [6.07, 6.45) is 1.53. The molecule has 2 atom stereocenters. The minimum Gasteiger partial charge on any atom is -0.507 e. The van der Waals surface area contributed by atoms with Crippen molar-refractivity contribution >= 4 is 23.9 Å². The first kappa shape index (κ1) is 33.7. The average Bonchev–Trinajstić information content (AvgIpc) is 2.83. The van der Waals surface area contributed by atoms with Crippen molar-refractivity contribution in [1.29, 1.82) is 0 Å². The number of benzene rings is 1. The number of carbonyl (C=O) groups is 4. The summed E-state index contributed by atoms with van der Waals surface area (Å²) in [4.78, 5) is 53.6. The second-order valence-electron chi connectivity index (χ2n) is 10.9. The first-order valence-corrected chi connectivity index (χ1v) is 13.7. The van der Waals surface area contributed by atoms with Gasteiger partial charge in [0.2, 0.25) is 11.8 Å². The number of esters is 1. The molecular weight excluding hydrogens is 502 g/mol. The van der Waals surface area contributed by atoms with Crippen molar-refractivity contribution in [2.24, 2.45) is 5.92 Å². The van der Waals surface area contributed by atoms with Crippen LogP contribution in [0, 0.1) is 12.8 Å². The molecule has 0 heterocycles. The third-order valence-corrected chi connectivity index (χ3v) is 5.95. The Labute approximate surface area is 232 Å². The third-order valence-electron chi connectivity index (χ3n) is 5.95. The van der Waals surface area contributed by atoms with E-state index in [1.54, 1.807) is 66.7 Å². The summed E-state index contributed by atoms with van der Waals surface area (Å²) >= 11 is 0. The van der Waals surface area contributed by atoms with Crippen LogP contribution in [0.3, 0.4) is 0 Å². The maximum atomic E-state index is 14.1. The number of hydrogen-bond donors (Lipinski definition) is 3. The lowest BCUT2D eigenvalue weighted by Crippen LogP contribution is -2.55. The lowest BCUT2D eigenvalue weighted by atomic mass is 9.96. The van der Waals surface area contributed by atoms with Crippen molar-refractivity contribution in [3.8, 4) is 5.75 Å². The van der Waals surface area contributed by atoms with Crippen LogP contribution < -0.4 is 10.6 Å². The van der Waals surface area contributed by atoms with Crippen LogP contribution in [-0.4, -0.2) is 65.2 Å². The molecule has 0 fully saturated rings. The van der Waals surface area contributed by atoms with Gasteiger partial charge in [-0.1, -0.05) is 51.8 Å². The van der Waals surface area contributed by atoms with E-state index in [2.05, 4.69) is 10.6 Å². The summed E-state index contributed by atoms with van der Waals surface area (Å²) in [5.74, 6) is -1.90. The molecule has 39 heavy (non-hydrogen) atoms. The molecule has 2 unspecified atom stereocenters. The van der Waals surface area contributed by atoms with Gasteiger partial charge in [-0.3, -0.25) is 14.4 Å². The van der Waals surface area contributed by atoms with E-state index < -0.39 is 41.6 Å². The summed E-state index contributed by atoms with van der Waals surface area (Å²) in [5.41, 5.74) is 0.0443. The number of alkyl carbamates (subject to hydrolysis) is 1. The van der Waals surface area contributed by atoms with E-state index in [4.69, 9.17) is 9.47 Å². The maximum Gasteiger partial charge on any atom is 0.408 e. The number of rotatable bonds is 14. The van der Waals surface area contributed by atoms with Crippen LogP contribution in [0.15, 0.2) is 18.2 Å². The normalized spacial score (nSPS) is 12.8. The van der Waals surface area contributed by atoms with E-state index in [1.807, 2.05) is 6.92 Å². The molecule has 0 saturated carbocycles. The van der Waals surface area contributed by atoms with Crippen molar-refractivity contribution in [2.45, 2.75) is 98.8 Å². The Hall–Kier alpha value is -3.30. The highest BCUT2D eigenvalue weighted by Crippen LogP contribution is 2.33. The quantitative estimate of drug-likeness (QED) is 0.232. The molecule has 10 heteroatoms. The van der Waals surface area contributed by atoms with E-state index in [9.17, 15) is 24.3 Å². The highest BCUT2D eigenvalue weighted by molar-refractivity contribution is 5.93. The predicted molar refractivity (Wildman–Crippen MR) is 149 cm³/mol. The number of carbonyl (C=O) groups excluding carboxylic acids is 4. The Bertz CT molecular complexity index is 972. The molecule has 0 aromatic heterocycles. The van der Waals surface area contributed by atoms with Crippen molar-refractivity contribution in [3.05, 3.63) is 29.3 Å². The molecule has 1 aromatic rings. The highest BCUT2D eigenvalue weighted by atomic mass is 16.6. The van der Waals surface area contributed by atoms with Gasteiger partial charge in [-0.15, -0.1) is 0 Å². The van der Waals surface area contributed by atoms with Gasteiger partial charge in [0.15, 0.2) is 0 Å². The average molecular weight is 550 g/mol. The van der Waals surface area contributed by atoms with Gasteiger partial charge in [0, 0.05) is 18.7 Å². The van der Waals surface area contributed by atoms with Gasteiger partial charge in [0.1, 0.15) is 23.4 Å². The molecule has 0 saturated heterocycles. The number of hydrogen-bond acceptors (Lipinski definition) is 7. The second kappa shape index (κ2) is 16.0. The van der Waals surface area contributed by atoms with Gasteiger partial charge in [0.05, 0.1) is 13.0 Å². The number of amides is 3. The van der Waals surface area contributed by atoms with Gasteiger partial charge >= 0.3 is 12.1 Å². The zero-order valence-corrected chi connectivity index (χ0v) is 24.8. The molecule has 0 bridgehead atoms. The van der Waals surface area contributed by atoms with E-state index in [-0.39, 0.29) is 43.3 Å². The molecule has 10 nitrogen and oxygen atoms in total. The SMILES string of the molecule is CCCCCN(C(=O)C(NC(=O)OC(C)(C)C)C(C)C)C(C(=O)NCCC(=O)OCC)c1cccc(C)c1O. The zero-order chi connectivity index (χ0) is 29.8. The molecule has 0 aliphatic carbocycles. The van der Waals surface area contributed by atoms with Gasteiger partial charge in [0.25, 0.3) is 0 Å². The minimum absolute atomic E-state index is 0.00149. The number of aryl methyl sites for hydroxylation is 1. The van der Waals surface area contributed by atoms with E-state index in [1.165, 1.54) is 4.90 Å². The lowest BCUT2D eigenvalue weighted by molar-refractivity contribution is -0.145. The minimum atomic E-state index is -1.20. The monoisotopic (exact) mass is 549 g/mol.